The van der Waals surface area contributed by atoms with Gasteiger partial charge in [-0.15, -0.1) is 10.2 Å². The van der Waals surface area contributed by atoms with Crippen molar-refractivity contribution in [1.29, 1.82) is 0 Å². The summed E-state index contributed by atoms with van der Waals surface area (Å²) in [6.07, 6.45) is 5.61. The van der Waals surface area contributed by atoms with Gasteiger partial charge in [-0.25, -0.2) is 4.99 Å². The van der Waals surface area contributed by atoms with Crippen molar-refractivity contribution in [3.8, 4) is 0 Å². The minimum atomic E-state index is 0.485. The molecule has 1 aliphatic carbocycles. The van der Waals surface area contributed by atoms with Crippen molar-refractivity contribution in [1.82, 2.24) is 25.2 Å². The zero-order valence-corrected chi connectivity index (χ0v) is 14.2. The third-order valence-electron chi connectivity index (χ3n) is 3.92. The number of hydrogen-bond donors (Lipinski definition) is 2. The van der Waals surface area contributed by atoms with Crippen LogP contribution in [0.3, 0.4) is 0 Å². The molecule has 130 valence electrons. The molecule has 0 radical (unpaired) electrons. The Morgan fingerprint density at radius 3 is 3.08 bits per heavy atom. The highest BCUT2D eigenvalue weighted by atomic mass is 16.5. The Kier molecular flexibility index (Phi) is 6.01. The van der Waals surface area contributed by atoms with Gasteiger partial charge in [-0.05, 0) is 44.2 Å². The van der Waals surface area contributed by atoms with E-state index in [2.05, 4.69) is 32.7 Å². The molecule has 0 spiro atoms. The summed E-state index contributed by atoms with van der Waals surface area (Å²) < 4.78 is 7.60. The van der Waals surface area contributed by atoms with Crippen LogP contribution >= 0.6 is 0 Å². The fourth-order valence-corrected chi connectivity index (χ4v) is 2.41. The Hall–Kier alpha value is -2.15. The van der Waals surface area contributed by atoms with E-state index in [0.717, 1.165) is 56.1 Å². The smallest absolute Gasteiger partial charge is 0.191 e. The first-order chi connectivity index (χ1) is 11.9. The van der Waals surface area contributed by atoms with Crippen molar-refractivity contribution >= 4 is 11.6 Å². The SMILES string of the molecule is CCNC(=NCc1nnc2ccccn12)NCCCOCC1CC1. The summed E-state index contributed by atoms with van der Waals surface area (Å²) in [7, 11) is 0. The van der Waals surface area contributed by atoms with Gasteiger partial charge in [0, 0.05) is 32.5 Å². The van der Waals surface area contributed by atoms with Gasteiger partial charge in [-0.1, -0.05) is 6.07 Å². The Bertz CT molecular complexity index is 664. The predicted octanol–water partition coefficient (Wildman–Crippen LogP) is 1.60. The lowest BCUT2D eigenvalue weighted by Crippen LogP contribution is -2.38. The lowest BCUT2D eigenvalue weighted by atomic mass is 10.4. The lowest BCUT2D eigenvalue weighted by Gasteiger charge is -2.11. The summed E-state index contributed by atoms with van der Waals surface area (Å²) in [5.41, 5.74) is 0.841. The maximum absolute atomic E-state index is 5.64. The highest BCUT2D eigenvalue weighted by molar-refractivity contribution is 5.79. The molecule has 0 bridgehead atoms. The summed E-state index contributed by atoms with van der Waals surface area (Å²) in [6, 6.07) is 5.86. The van der Waals surface area contributed by atoms with Gasteiger partial charge < -0.3 is 15.4 Å². The van der Waals surface area contributed by atoms with Gasteiger partial charge in [0.15, 0.2) is 17.4 Å². The van der Waals surface area contributed by atoms with Crippen LogP contribution in [0.5, 0.6) is 0 Å². The van der Waals surface area contributed by atoms with E-state index in [1.54, 1.807) is 0 Å². The summed E-state index contributed by atoms with van der Waals surface area (Å²) in [5.74, 6) is 2.46. The van der Waals surface area contributed by atoms with Crippen molar-refractivity contribution in [2.24, 2.45) is 10.9 Å². The second-order valence-electron chi connectivity index (χ2n) is 6.04. The van der Waals surface area contributed by atoms with Gasteiger partial charge in [0.05, 0.1) is 0 Å². The van der Waals surface area contributed by atoms with E-state index >= 15 is 0 Å². The highest BCUT2D eigenvalue weighted by Crippen LogP contribution is 2.28. The molecule has 1 fully saturated rings. The number of nitrogens with one attached hydrogen (secondary N) is 2. The molecular weight excluding hydrogens is 304 g/mol. The van der Waals surface area contributed by atoms with Crippen LogP contribution in [0.15, 0.2) is 29.4 Å². The van der Waals surface area contributed by atoms with Crippen molar-refractivity contribution < 1.29 is 4.74 Å². The molecule has 24 heavy (non-hydrogen) atoms. The molecule has 2 aromatic heterocycles. The number of pyridine rings is 1. The number of aliphatic imine (C=N–C) groups is 1. The average molecular weight is 330 g/mol. The normalized spacial score (nSPS) is 15.0. The van der Waals surface area contributed by atoms with Gasteiger partial charge in [0.2, 0.25) is 0 Å². The van der Waals surface area contributed by atoms with Gasteiger partial charge >= 0.3 is 0 Å². The Balaban J connectivity index is 1.45. The number of aromatic nitrogens is 3. The molecule has 0 amide bonds. The molecule has 3 rings (SSSR count). The van der Waals surface area contributed by atoms with E-state index in [9.17, 15) is 0 Å². The molecule has 0 aromatic carbocycles. The first-order valence-electron chi connectivity index (χ1n) is 8.75. The number of ether oxygens (including phenoxy) is 1. The first kappa shape index (κ1) is 16.7. The molecule has 2 heterocycles. The molecule has 0 saturated heterocycles. The molecule has 2 aromatic rings. The fraction of sp³-hybridized carbons (Fsp3) is 0.588. The van der Waals surface area contributed by atoms with Crippen molar-refractivity contribution in [3.63, 3.8) is 0 Å². The molecule has 1 aliphatic rings. The number of hydrogen-bond acceptors (Lipinski definition) is 4. The van der Waals surface area contributed by atoms with Gasteiger partial charge in [0.1, 0.15) is 6.54 Å². The zero-order valence-electron chi connectivity index (χ0n) is 14.2. The molecule has 0 unspecified atom stereocenters. The van der Waals surface area contributed by atoms with E-state index in [4.69, 9.17) is 4.74 Å². The van der Waals surface area contributed by atoms with Crippen LogP contribution in [0, 0.1) is 5.92 Å². The Morgan fingerprint density at radius 2 is 2.25 bits per heavy atom. The third kappa shape index (κ3) is 4.92. The van der Waals surface area contributed by atoms with Crippen LogP contribution in [0.4, 0.5) is 0 Å². The molecular formula is C17H26N6O. The minimum Gasteiger partial charge on any atom is -0.381 e. The topological polar surface area (TPSA) is 75.8 Å². The average Bonchev–Trinajstić information content (AvgIpc) is 3.34. The van der Waals surface area contributed by atoms with Crippen LogP contribution in [0.25, 0.3) is 5.65 Å². The summed E-state index contributed by atoms with van der Waals surface area (Å²) in [4.78, 5) is 4.59. The fourth-order valence-electron chi connectivity index (χ4n) is 2.41. The highest BCUT2D eigenvalue weighted by Gasteiger charge is 2.20. The Morgan fingerprint density at radius 1 is 1.33 bits per heavy atom. The number of guanidine groups is 1. The maximum atomic E-state index is 5.64. The van der Waals surface area contributed by atoms with Crippen molar-refractivity contribution in [2.75, 3.05) is 26.3 Å². The summed E-state index contributed by atoms with van der Waals surface area (Å²) in [6.45, 7) is 5.94. The van der Waals surface area contributed by atoms with E-state index in [-0.39, 0.29) is 0 Å². The van der Waals surface area contributed by atoms with Crippen LogP contribution in [-0.4, -0.2) is 46.9 Å². The largest absolute Gasteiger partial charge is 0.381 e. The van der Waals surface area contributed by atoms with E-state index < -0.39 is 0 Å². The zero-order chi connectivity index (χ0) is 16.6. The van der Waals surface area contributed by atoms with Crippen LogP contribution in [0.2, 0.25) is 0 Å². The number of fused-ring (bicyclic) bond motifs is 1. The molecule has 7 heteroatoms. The molecule has 0 aliphatic heterocycles. The molecule has 0 atom stereocenters. The van der Waals surface area contributed by atoms with Crippen LogP contribution < -0.4 is 10.6 Å². The second-order valence-corrected chi connectivity index (χ2v) is 6.04. The molecule has 2 N–H and O–H groups in total. The molecule has 7 nitrogen and oxygen atoms in total. The van der Waals surface area contributed by atoms with E-state index in [1.807, 2.05) is 28.8 Å². The Labute approximate surface area is 142 Å². The van der Waals surface area contributed by atoms with Gasteiger partial charge in [0.25, 0.3) is 0 Å². The number of rotatable bonds is 9. The van der Waals surface area contributed by atoms with Gasteiger partial charge in [-0.2, -0.15) is 0 Å². The van der Waals surface area contributed by atoms with Crippen molar-refractivity contribution in [2.45, 2.75) is 32.7 Å². The standard InChI is InChI=1S/C17H26N6O/c1-2-18-17(19-9-5-11-24-13-14-7-8-14)20-12-16-22-21-15-6-3-4-10-23(15)16/h3-4,6,10,14H,2,5,7-9,11-13H2,1H3,(H2,18,19,20). The van der Waals surface area contributed by atoms with Crippen molar-refractivity contribution in [3.05, 3.63) is 30.2 Å². The summed E-state index contributed by atoms with van der Waals surface area (Å²) in [5, 5.41) is 14.9. The summed E-state index contributed by atoms with van der Waals surface area (Å²) >= 11 is 0. The first-order valence-corrected chi connectivity index (χ1v) is 8.75. The molecule has 1 saturated carbocycles. The lowest BCUT2D eigenvalue weighted by molar-refractivity contribution is 0.123. The quantitative estimate of drug-likeness (QED) is 0.415. The van der Waals surface area contributed by atoms with E-state index in [0.29, 0.717) is 6.54 Å². The van der Waals surface area contributed by atoms with E-state index in [1.165, 1.54) is 12.8 Å². The predicted molar refractivity (Wildman–Crippen MR) is 94.0 cm³/mol. The van der Waals surface area contributed by atoms with Gasteiger partial charge in [-0.3, -0.25) is 4.40 Å². The number of nitrogens with zero attached hydrogens (tertiary/aromatic N) is 4. The third-order valence-corrected chi connectivity index (χ3v) is 3.92. The second kappa shape index (κ2) is 8.63. The van der Waals surface area contributed by atoms with Crippen LogP contribution in [0.1, 0.15) is 32.0 Å². The van der Waals surface area contributed by atoms with Crippen LogP contribution in [-0.2, 0) is 11.3 Å². The maximum Gasteiger partial charge on any atom is 0.191 e. The minimum absolute atomic E-state index is 0.485. The monoisotopic (exact) mass is 330 g/mol.